The van der Waals surface area contributed by atoms with Crippen molar-refractivity contribution < 1.29 is 42.9 Å². The van der Waals surface area contributed by atoms with Gasteiger partial charge in [-0.3, -0.25) is 4.79 Å². The Bertz CT molecular complexity index is 1060. The number of nitrogens with zero attached hydrogens (tertiary/aromatic N) is 1. The van der Waals surface area contributed by atoms with E-state index in [0.717, 1.165) is 12.1 Å². The molecule has 4 N–H and O–H groups in total. The van der Waals surface area contributed by atoms with E-state index in [-0.39, 0.29) is 29.3 Å². The minimum atomic E-state index is -5.05. The molecule has 32 heavy (non-hydrogen) atoms. The van der Waals surface area contributed by atoms with Crippen LogP contribution in [0.1, 0.15) is 42.3 Å². The fourth-order valence-corrected chi connectivity index (χ4v) is 2.75. The molecule has 0 heterocycles. The predicted molar refractivity (Wildman–Crippen MR) is 109 cm³/mol. The minimum Gasteiger partial charge on any atom is -0.507 e. The average molecular weight is 454 g/mol. The molecular weight excluding hydrogens is 433 g/mol. The molecule has 2 aromatic rings. The van der Waals surface area contributed by atoms with Crippen molar-refractivity contribution in [3.63, 3.8) is 0 Å². The highest BCUT2D eigenvalue weighted by Crippen LogP contribution is 2.32. The van der Waals surface area contributed by atoms with E-state index in [1.807, 2.05) is 5.32 Å². The lowest BCUT2D eigenvalue weighted by Crippen LogP contribution is -2.31. The summed E-state index contributed by atoms with van der Waals surface area (Å²) in [6, 6.07) is 7.60. The molecule has 0 saturated heterocycles. The number of carbonyl (C=O) groups is 2. The second-order valence-corrected chi connectivity index (χ2v) is 7.78. The Morgan fingerprint density at radius 1 is 1.09 bits per heavy atom. The van der Waals surface area contributed by atoms with Gasteiger partial charge >= 0.3 is 18.1 Å². The van der Waals surface area contributed by atoms with Crippen LogP contribution in [-0.2, 0) is 10.2 Å². The Morgan fingerprint density at radius 2 is 1.75 bits per heavy atom. The highest BCUT2D eigenvalue weighted by atomic mass is 19.4. The summed E-state index contributed by atoms with van der Waals surface area (Å²) in [5.74, 6) is -3.85. The number of rotatable bonds is 6. The maximum Gasteiger partial charge on any atom is 0.471 e. The van der Waals surface area contributed by atoms with Crippen LogP contribution in [0.2, 0.25) is 0 Å². The first-order valence-electron chi connectivity index (χ1n) is 9.17. The summed E-state index contributed by atoms with van der Waals surface area (Å²) in [4.78, 5) is 22.3. The molecular formula is C21H21F3N2O6. The van der Waals surface area contributed by atoms with Crippen LogP contribution < -0.4 is 10.1 Å². The van der Waals surface area contributed by atoms with Crippen LogP contribution in [0.15, 0.2) is 41.6 Å². The summed E-state index contributed by atoms with van der Waals surface area (Å²) in [6.07, 6.45) is -5.05. The number of ether oxygens (including phenoxy) is 1. The average Bonchev–Trinajstić information content (AvgIpc) is 2.67. The standard InChI is InChI=1S/C21H21F3N2O6/c1-20(2,3)14-8-11(4-7-15(14)25-19(30)21(22,23)24)16(26-31)10-32-12-5-6-13(18(28)29)17(27)9-12/h4-9,27,31H,10H2,1-3H3,(H,25,30)(H,28,29). The molecule has 172 valence electrons. The zero-order chi connectivity index (χ0) is 24.3. The molecule has 0 aliphatic carbocycles. The van der Waals surface area contributed by atoms with E-state index < -0.39 is 29.2 Å². The van der Waals surface area contributed by atoms with Crippen LogP contribution >= 0.6 is 0 Å². The molecule has 0 unspecified atom stereocenters. The molecule has 0 aromatic heterocycles. The van der Waals surface area contributed by atoms with Crippen molar-refractivity contribution in [1.29, 1.82) is 0 Å². The Balaban J connectivity index is 2.29. The quantitative estimate of drug-likeness (QED) is 0.295. The summed E-state index contributed by atoms with van der Waals surface area (Å²) in [7, 11) is 0. The van der Waals surface area contributed by atoms with E-state index in [1.54, 1.807) is 20.8 Å². The van der Waals surface area contributed by atoms with E-state index in [0.29, 0.717) is 11.1 Å². The molecule has 8 nitrogen and oxygen atoms in total. The van der Waals surface area contributed by atoms with Gasteiger partial charge in [-0.05, 0) is 35.2 Å². The van der Waals surface area contributed by atoms with Crippen molar-refractivity contribution in [3.05, 3.63) is 53.1 Å². The summed E-state index contributed by atoms with van der Waals surface area (Å²) < 4.78 is 43.4. The number of aromatic hydroxyl groups is 1. The van der Waals surface area contributed by atoms with Crippen LogP contribution in [-0.4, -0.2) is 45.8 Å². The van der Waals surface area contributed by atoms with Gasteiger partial charge in [0.05, 0.1) is 0 Å². The molecule has 0 saturated carbocycles. The number of carbonyl (C=O) groups excluding carboxylic acids is 1. The summed E-state index contributed by atoms with van der Waals surface area (Å²) in [5.41, 5.74) is -0.364. The number of aromatic carboxylic acids is 1. The molecule has 0 atom stereocenters. The molecule has 2 aromatic carbocycles. The Kier molecular flexibility index (Phi) is 7.02. The number of amides is 1. The number of alkyl halides is 3. The van der Waals surface area contributed by atoms with Crippen molar-refractivity contribution in [2.75, 3.05) is 11.9 Å². The van der Waals surface area contributed by atoms with Gasteiger partial charge in [-0.2, -0.15) is 13.2 Å². The lowest BCUT2D eigenvalue weighted by atomic mass is 9.84. The highest BCUT2D eigenvalue weighted by molar-refractivity contribution is 6.03. The third-order valence-electron chi connectivity index (χ3n) is 4.36. The predicted octanol–water partition coefficient (Wildman–Crippen LogP) is 4.15. The fraction of sp³-hybridized carbons (Fsp3) is 0.286. The van der Waals surface area contributed by atoms with Crippen molar-refractivity contribution in [2.45, 2.75) is 32.4 Å². The molecule has 0 aliphatic rings. The number of hydrogen-bond donors (Lipinski definition) is 4. The first-order valence-corrected chi connectivity index (χ1v) is 9.17. The van der Waals surface area contributed by atoms with Gasteiger partial charge in [-0.1, -0.05) is 32.0 Å². The number of anilines is 1. The number of benzene rings is 2. The van der Waals surface area contributed by atoms with E-state index in [9.17, 15) is 33.1 Å². The molecule has 2 rings (SSSR count). The number of hydrogen-bond acceptors (Lipinski definition) is 6. The third-order valence-corrected chi connectivity index (χ3v) is 4.36. The maximum absolute atomic E-state index is 12.7. The molecule has 0 fully saturated rings. The monoisotopic (exact) mass is 454 g/mol. The summed E-state index contributed by atoms with van der Waals surface area (Å²) >= 11 is 0. The largest absolute Gasteiger partial charge is 0.507 e. The zero-order valence-electron chi connectivity index (χ0n) is 17.3. The second-order valence-electron chi connectivity index (χ2n) is 7.78. The number of phenols is 1. The van der Waals surface area contributed by atoms with Gasteiger partial charge in [0.2, 0.25) is 0 Å². The van der Waals surface area contributed by atoms with Gasteiger partial charge in [-0.25, -0.2) is 4.79 Å². The second kappa shape index (κ2) is 9.16. The lowest BCUT2D eigenvalue weighted by molar-refractivity contribution is -0.167. The Hall–Kier alpha value is -3.76. The van der Waals surface area contributed by atoms with E-state index >= 15 is 0 Å². The van der Waals surface area contributed by atoms with Crippen molar-refractivity contribution >= 4 is 23.3 Å². The number of carboxylic acid groups (broad SMARTS) is 1. The number of nitrogens with one attached hydrogen (secondary N) is 1. The van der Waals surface area contributed by atoms with Crippen molar-refractivity contribution in [2.24, 2.45) is 5.16 Å². The normalized spacial score (nSPS) is 12.4. The maximum atomic E-state index is 12.7. The smallest absolute Gasteiger partial charge is 0.471 e. The van der Waals surface area contributed by atoms with E-state index in [2.05, 4.69) is 5.16 Å². The van der Waals surface area contributed by atoms with Crippen molar-refractivity contribution in [3.8, 4) is 11.5 Å². The summed E-state index contributed by atoms with van der Waals surface area (Å²) in [5, 5.41) is 33.1. The lowest BCUT2D eigenvalue weighted by Gasteiger charge is -2.24. The zero-order valence-corrected chi connectivity index (χ0v) is 17.3. The minimum absolute atomic E-state index is 0.00555. The summed E-state index contributed by atoms with van der Waals surface area (Å²) in [6.45, 7) is 4.89. The number of carboxylic acids is 1. The first-order chi connectivity index (χ1) is 14.7. The van der Waals surface area contributed by atoms with Gasteiger partial charge in [0, 0.05) is 17.3 Å². The molecule has 0 spiro atoms. The van der Waals surface area contributed by atoms with Crippen LogP contribution in [0.5, 0.6) is 11.5 Å². The van der Waals surface area contributed by atoms with Gasteiger partial charge in [0.1, 0.15) is 29.4 Å². The first kappa shape index (κ1) is 24.5. The van der Waals surface area contributed by atoms with Crippen LogP contribution in [0.3, 0.4) is 0 Å². The molecule has 11 heteroatoms. The van der Waals surface area contributed by atoms with Crippen LogP contribution in [0, 0.1) is 0 Å². The Labute approximate surface area is 180 Å². The molecule has 0 aliphatic heterocycles. The molecule has 0 bridgehead atoms. The van der Waals surface area contributed by atoms with Crippen LogP contribution in [0.25, 0.3) is 0 Å². The van der Waals surface area contributed by atoms with Gasteiger partial charge in [0.15, 0.2) is 0 Å². The third kappa shape index (κ3) is 5.90. The van der Waals surface area contributed by atoms with Crippen molar-refractivity contribution in [1.82, 2.24) is 0 Å². The van der Waals surface area contributed by atoms with Crippen LogP contribution in [0.4, 0.5) is 18.9 Å². The fourth-order valence-electron chi connectivity index (χ4n) is 2.75. The van der Waals surface area contributed by atoms with Gasteiger partial charge < -0.3 is 25.5 Å². The van der Waals surface area contributed by atoms with Gasteiger partial charge in [-0.15, -0.1) is 0 Å². The van der Waals surface area contributed by atoms with Gasteiger partial charge in [0.25, 0.3) is 0 Å². The number of halogens is 3. The SMILES string of the molecule is CC(C)(C)c1cc(C(COc2ccc(C(=O)O)c(O)c2)=NO)ccc1NC(=O)C(F)(F)F. The number of oxime groups is 1. The molecule has 1 amide bonds. The topological polar surface area (TPSA) is 128 Å². The molecule has 0 radical (unpaired) electrons. The Morgan fingerprint density at radius 3 is 2.25 bits per heavy atom. The van der Waals surface area contributed by atoms with E-state index in [1.165, 1.54) is 24.3 Å². The highest BCUT2D eigenvalue weighted by Gasteiger charge is 2.39. The van der Waals surface area contributed by atoms with E-state index in [4.69, 9.17) is 9.84 Å².